The lowest BCUT2D eigenvalue weighted by Crippen LogP contribution is -2.57. The Balaban J connectivity index is 2.16. The maximum atomic E-state index is 12.1. The van der Waals surface area contributed by atoms with E-state index in [-0.39, 0.29) is 40.9 Å². The van der Waals surface area contributed by atoms with E-state index >= 15 is 0 Å². The molecule has 108 valence electrons. The van der Waals surface area contributed by atoms with E-state index in [2.05, 4.69) is 6.92 Å². The highest BCUT2D eigenvalue weighted by molar-refractivity contribution is 5.85. The summed E-state index contributed by atoms with van der Waals surface area (Å²) in [5.41, 5.74) is -0.426. The van der Waals surface area contributed by atoms with Crippen LogP contribution < -0.4 is 0 Å². The standard InChI is InChI=1S/C15H24O4/c1-9(16)18-12-8-15(5)7-11(17)10(12)6-13(15)19-14(2,3)4/h10,12-13H,6-8H2,1-5H3/t10-,12-,13-,15+/m0/s1. The molecule has 4 atom stereocenters. The van der Waals surface area contributed by atoms with Crippen LogP contribution in [0.15, 0.2) is 0 Å². The minimum atomic E-state index is -0.303. The lowest BCUT2D eigenvalue weighted by Gasteiger charge is -2.53. The first kappa shape index (κ1) is 14.5. The van der Waals surface area contributed by atoms with Crippen LogP contribution in [0, 0.1) is 11.3 Å². The summed E-state index contributed by atoms with van der Waals surface area (Å²) in [5.74, 6) is -0.269. The fourth-order valence-corrected chi connectivity index (χ4v) is 3.41. The number of carbonyl (C=O) groups excluding carboxylic acids is 2. The smallest absolute Gasteiger partial charge is 0.302 e. The Bertz CT molecular complexity index is 395. The molecule has 2 bridgehead atoms. The third-order valence-corrected chi connectivity index (χ3v) is 4.17. The lowest BCUT2D eigenvalue weighted by molar-refractivity contribution is -0.199. The van der Waals surface area contributed by atoms with Crippen LogP contribution in [-0.2, 0) is 19.1 Å². The number of ketones is 1. The zero-order valence-corrected chi connectivity index (χ0v) is 12.5. The number of carbonyl (C=O) groups is 2. The van der Waals surface area contributed by atoms with Gasteiger partial charge in [-0.15, -0.1) is 0 Å². The van der Waals surface area contributed by atoms with Crippen molar-refractivity contribution in [3.63, 3.8) is 0 Å². The van der Waals surface area contributed by atoms with Crippen LogP contribution in [0.3, 0.4) is 0 Å². The molecule has 3 aliphatic rings. The maximum absolute atomic E-state index is 12.1. The van der Waals surface area contributed by atoms with Crippen molar-refractivity contribution in [2.24, 2.45) is 11.3 Å². The molecule has 3 rings (SSSR count). The van der Waals surface area contributed by atoms with E-state index in [0.717, 1.165) is 6.42 Å². The van der Waals surface area contributed by atoms with Crippen molar-refractivity contribution in [1.29, 1.82) is 0 Å². The number of hydrogen-bond donors (Lipinski definition) is 0. The van der Waals surface area contributed by atoms with Crippen molar-refractivity contribution in [2.45, 2.75) is 71.7 Å². The van der Waals surface area contributed by atoms with Gasteiger partial charge in [0.15, 0.2) is 0 Å². The van der Waals surface area contributed by atoms with Gasteiger partial charge in [-0.05, 0) is 33.6 Å². The zero-order chi connectivity index (χ0) is 14.4. The van der Waals surface area contributed by atoms with E-state index in [4.69, 9.17) is 9.47 Å². The first-order valence-corrected chi connectivity index (χ1v) is 6.98. The van der Waals surface area contributed by atoms with E-state index in [1.54, 1.807) is 0 Å². The Hall–Kier alpha value is -0.900. The topological polar surface area (TPSA) is 52.6 Å². The van der Waals surface area contributed by atoms with Gasteiger partial charge in [0.1, 0.15) is 11.9 Å². The first-order chi connectivity index (χ1) is 8.61. The largest absolute Gasteiger partial charge is 0.462 e. The summed E-state index contributed by atoms with van der Waals surface area (Å²) in [5, 5.41) is 0. The number of rotatable bonds is 2. The maximum Gasteiger partial charge on any atom is 0.302 e. The number of ether oxygens (including phenoxy) is 2. The SMILES string of the molecule is CC(=O)O[C@H]1C[C@@]2(C)CC(=O)[C@@H]1C[C@@H]2OC(C)(C)C. The molecule has 0 saturated heterocycles. The zero-order valence-electron chi connectivity index (χ0n) is 12.5. The Morgan fingerprint density at radius 2 is 2.00 bits per heavy atom. The van der Waals surface area contributed by atoms with Crippen LogP contribution in [0.5, 0.6) is 0 Å². The highest BCUT2D eigenvalue weighted by Crippen LogP contribution is 2.51. The van der Waals surface area contributed by atoms with Crippen LogP contribution >= 0.6 is 0 Å². The summed E-state index contributed by atoms with van der Waals surface area (Å²) in [6, 6.07) is 0. The summed E-state index contributed by atoms with van der Waals surface area (Å²) in [6.45, 7) is 9.57. The molecule has 0 spiro atoms. The minimum Gasteiger partial charge on any atom is -0.462 e. The van der Waals surface area contributed by atoms with Crippen LogP contribution in [0.4, 0.5) is 0 Å². The van der Waals surface area contributed by atoms with Gasteiger partial charge in [-0.3, -0.25) is 9.59 Å². The predicted molar refractivity (Wildman–Crippen MR) is 70.6 cm³/mol. The Kier molecular flexibility index (Phi) is 3.50. The molecule has 0 radical (unpaired) electrons. The van der Waals surface area contributed by atoms with Crippen molar-refractivity contribution in [3.05, 3.63) is 0 Å². The van der Waals surface area contributed by atoms with Crippen molar-refractivity contribution in [2.75, 3.05) is 0 Å². The van der Waals surface area contributed by atoms with Crippen molar-refractivity contribution < 1.29 is 19.1 Å². The molecule has 0 N–H and O–H groups in total. The van der Waals surface area contributed by atoms with Gasteiger partial charge >= 0.3 is 5.97 Å². The molecule has 0 unspecified atom stereocenters. The fourth-order valence-electron chi connectivity index (χ4n) is 3.41. The minimum absolute atomic E-state index is 0.0713. The third kappa shape index (κ3) is 2.99. The second-order valence-electron chi connectivity index (χ2n) is 7.21. The van der Waals surface area contributed by atoms with Crippen LogP contribution in [0.25, 0.3) is 0 Å². The van der Waals surface area contributed by atoms with Crippen LogP contribution in [0.1, 0.15) is 53.9 Å². The Morgan fingerprint density at radius 1 is 1.37 bits per heavy atom. The molecule has 0 heterocycles. The van der Waals surface area contributed by atoms with Crippen LogP contribution in [-0.4, -0.2) is 29.6 Å². The Labute approximate surface area is 114 Å². The van der Waals surface area contributed by atoms with Gasteiger partial charge in [0.2, 0.25) is 0 Å². The summed E-state index contributed by atoms with van der Waals surface area (Å²) >= 11 is 0. The lowest BCUT2D eigenvalue weighted by atomic mass is 9.58. The van der Waals surface area contributed by atoms with Crippen molar-refractivity contribution in [1.82, 2.24) is 0 Å². The van der Waals surface area contributed by atoms with Crippen LogP contribution in [0.2, 0.25) is 0 Å². The molecule has 0 aliphatic heterocycles. The van der Waals surface area contributed by atoms with Gasteiger partial charge in [0.25, 0.3) is 0 Å². The molecule has 0 aromatic carbocycles. The number of hydrogen-bond acceptors (Lipinski definition) is 4. The molecule has 0 aromatic rings. The van der Waals surface area contributed by atoms with Crippen molar-refractivity contribution >= 4 is 11.8 Å². The second-order valence-corrected chi connectivity index (χ2v) is 7.21. The third-order valence-electron chi connectivity index (χ3n) is 4.17. The molecule has 3 saturated carbocycles. The number of esters is 1. The predicted octanol–water partition coefficient (Wildman–Crippen LogP) is 2.49. The summed E-state index contributed by atoms with van der Waals surface area (Å²) in [4.78, 5) is 23.3. The number of fused-ring (bicyclic) bond motifs is 3. The monoisotopic (exact) mass is 268 g/mol. The summed E-state index contributed by atoms with van der Waals surface area (Å²) in [6.07, 6.45) is 1.75. The molecule has 0 amide bonds. The molecule has 3 fully saturated rings. The van der Waals surface area contributed by atoms with Gasteiger partial charge < -0.3 is 9.47 Å². The average Bonchev–Trinajstić information content (AvgIpc) is 2.16. The highest BCUT2D eigenvalue weighted by atomic mass is 16.5. The highest BCUT2D eigenvalue weighted by Gasteiger charge is 2.55. The van der Waals surface area contributed by atoms with Gasteiger partial charge in [0, 0.05) is 18.8 Å². The van der Waals surface area contributed by atoms with E-state index in [1.807, 2.05) is 20.8 Å². The quantitative estimate of drug-likeness (QED) is 0.722. The van der Waals surface area contributed by atoms with Gasteiger partial charge in [-0.25, -0.2) is 0 Å². The average molecular weight is 268 g/mol. The molecule has 19 heavy (non-hydrogen) atoms. The van der Waals surface area contributed by atoms with Gasteiger partial charge in [-0.1, -0.05) is 6.92 Å². The van der Waals surface area contributed by atoms with E-state index in [1.165, 1.54) is 6.92 Å². The summed E-state index contributed by atoms with van der Waals surface area (Å²) < 4.78 is 11.4. The molecular formula is C15H24O4. The molecule has 4 heteroatoms. The normalized spacial score (nSPS) is 38.4. The Morgan fingerprint density at radius 3 is 2.47 bits per heavy atom. The van der Waals surface area contributed by atoms with Crippen molar-refractivity contribution in [3.8, 4) is 0 Å². The van der Waals surface area contributed by atoms with E-state index < -0.39 is 0 Å². The molecule has 0 aromatic heterocycles. The van der Waals surface area contributed by atoms with Gasteiger partial charge in [0.05, 0.1) is 17.6 Å². The first-order valence-electron chi connectivity index (χ1n) is 6.98. The van der Waals surface area contributed by atoms with E-state index in [9.17, 15) is 9.59 Å². The fraction of sp³-hybridized carbons (Fsp3) is 0.867. The molecule has 4 nitrogen and oxygen atoms in total. The number of Topliss-reactive ketones (excluding diaryl/α,β-unsaturated/α-hetero) is 1. The second kappa shape index (κ2) is 4.58. The van der Waals surface area contributed by atoms with E-state index in [0.29, 0.717) is 12.8 Å². The molecule has 3 aliphatic carbocycles. The molecular weight excluding hydrogens is 244 g/mol. The summed E-state index contributed by atoms with van der Waals surface area (Å²) in [7, 11) is 0. The van der Waals surface area contributed by atoms with Gasteiger partial charge in [-0.2, -0.15) is 0 Å².